The zero-order valence-electron chi connectivity index (χ0n) is 27.2. The molecule has 1 atom stereocenters. The number of benzene rings is 7. The number of nitrogens with one attached hydrogen (secondary N) is 1. The third-order valence-corrected chi connectivity index (χ3v) is 9.96. The topological polar surface area (TPSA) is 34.2 Å². The van der Waals surface area contributed by atoms with Crippen molar-refractivity contribution < 1.29 is 0 Å². The second-order valence-electron chi connectivity index (χ2n) is 12.9. The van der Waals surface area contributed by atoms with Crippen molar-refractivity contribution in [3.05, 3.63) is 199 Å². The molecule has 9 aromatic rings. The molecule has 7 aromatic carbocycles. The third kappa shape index (κ3) is 4.57. The number of hydrogen-bond donors (Lipinski definition) is 1. The summed E-state index contributed by atoms with van der Waals surface area (Å²) in [7, 11) is 0. The molecule has 0 radical (unpaired) electrons. The van der Waals surface area contributed by atoms with Crippen LogP contribution >= 0.6 is 0 Å². The standard InChI is InChI=1S/C46H32N4/c1-3-13-31(14-4-1)40-30-41(32-15-5-2-6-16-32)48-46(47-40)33-23-25-34(26-24-33)49-44-22-12-9-19-38(44)39-29-35(27-28-45(39)49)50-42-20-10-7-17-36(42)37-18-8-11-21-43(37)50/h1-30,46-47H. The van der Waals surface area contributed by atoms with E-state index in [0.717, 1.165) is 39.5 Å². The van der Waals surface area contributed by atoms with Crippen molar-refractivity contribution in [3.63, 3.8) is 0 Å². The van der Waals surface area contributed by atoms with E-state index in [1.54, 1.807) is 0 Å². The fraction of sp³-hybridized carbons (Fsp3) is 0.0217. The summed E-state index contributed by atoms with van der Waals surface area (Å²) < 4.78 is 4.77. The molecule has 1 aliphatic rings. The van der Waals surface area contributed by atoms with Gasteiger partial charge in [-0.3, -0.25) is 4.99 Å². The molecule has 50 heavy (non-hydrogen) atoms. The van der Waals surface area contributed by atoms with E-state index in [9.17, 15) is 0 Å². The Morgan fingerprint density at radius 1 is 0.420 bits per heavy atom. The van der Waals surface area contributed by atoms with E-state index in [-0.39, 0.29) is 6.17 Å². The number of allylic oxidation sites excluding steroid dienone is 1. The van der Waals surface area contributed by atoms with Gasteiger partial charge in [-0.2, -0.15) is 0 Å². The van der Waals surface area contributed by atoms with Crippen LogP contribution in [0, 0.1) is 0 Å². The Kier molecular flexibility index (Phi) is 6.53. The average Bonchev–Trinajstić information content (AvgIpc) is 3.71. The van der Waals surface area contributed by atoms with Crippen LogP contribution in [0.2, 0.25) is 0 Å². The van der Waals surface area contributed by atoms with Crippen LogP contribution in [0.3, 0.4) is 0 Å². The Bertz CT molecular complexity index is 2710. The van der Waals surface area contributed by atoms with Gasteiger partial charge in [-0.1, -0.05) is 127 Å². The first-order chi connectivity index (χ1) is 24.8. The molecule has 0 bridgehead atoms. The van der Waals surface area contributed by atoms with Crippen LogP contribution in [0.5, 0.6) is 0 Å². The molecular formula is C46H32N4. The van der Waals surface area contributed by atoms with Gasteiger partial charge in [0.1, 0.15) is 6.17 Å². The quantitative estimate of drug-likeness (QED) is 0.200. The summed E-state index contributed by atoms with van der Waals surface area (Å²) in [6, 6.07) is 62.8. The molecule has 1 unspecified atom stereocenters. The molecule has 4 heteroatoms. The van der Waals surface area contributed by atoms with Crippen molar-refractivity contribution in [2.75, 3.05) is 0 Å². The lowest BCUT2D eigenvalue weighted by molar-refractivity contribution is 0.664. The maximum atomic E-state index is 5.19. The van der Waals surface area contributed by atoms with Gasteiger partial charge in [0.2, 0.25) is 0 Å². The van der Waals surface area contributed by atoms with E-state index in [1.807, 2.05) is 6.07 Å². The number of rotatable bonds is 5. The van der Waals surface area contributed by atoms with Gasteiger partial charge in [0.05, 0.1) is 27.8 Å². The molecule has 0 saturated carbocycles. The molecule has 1 N–H and O–H groups in total. The van der Waals surface area contributed by atoms with Gasteiger partial charge in [-0.25, -0.2) is 0 Å². The fourth-order valence-corrected chi connectivity index (χ4v) is 7.63. The number of hydrogen-bond acceptors (Lipinski definition) is 2. The SMILES string of the molecule is C1=C(c2ccccc2)NC(c2ccc(-n3c4ccccc4c4cc(-n5c6ccccc6c6ccccc65)ccc43)cc2)N=C1c1ccccc1. The zero-order chi connectivity index (χ0) is 33.0. The van der Waals surface area contributed by atoms with Crippen LogP contribution in [-0.2, 0) is 0 Å². The molecule has 0 amide bonds. The zero-order valence-corrected chi connectivity index (χ0v) is 27.2. The van der Waals surface area contributed by atoms with E-state index < -0.39 is 0 Å². The summed E-state index contributed by atoms with van der Waals surface area (Å²) in [5, 5.41) is 8.71. The summed E-state index contributed by atoms with van der Waals surface area (Å²) in [6.45, 7) is 0. The maximum absolute atomic E-state index is 5.19. The molecule has 0 saturated heterocycles. The van der Waals surface area contributed by atoms with E-state index in [4.69, 9.17) is 4.99 Å². The number of nitrogens with zero attached hydrogens (tertiary/aromatic N) is 3. The first-order valence-electron chi connectivity index (χ1n) is 17.1. The van der Waals surface area contributed by atoms with Gasteiger partial charge < -0.3 is 14.5 Å². The van der Waals surface area contributed by atoms with Crippen LogP contribution < -0.4 is 5.32 Å². The lowest BCUT2D eigenvalue weighted by Crippen LogP contribution is -2.24. The molecule has 10 rings (SSSR count). The second-order valence-corrected chi connectivity index (χ2v) is 12.9. The minimum Gasteiger partial charge on any atom is -0.360 e. The highest BCUT2D eigenvalue weighted by atomic mass is 15.1. The monoisotopic (exact) mass is 640 g/mol. The van der Waals surface area contributed by atoms with Crippen LogP contribution in [0.4, 0.5) is 0 Å². The Morgan fingerprint density at radius 3 is 1.52 bits per heavy atom. The Hall–Kier alpha value is -6.65. The van der Waals surface area contributed by atoms with E-state index in [1.165, 1.54) is 43.6 Å². The Morgan fingerprint density at radius 2 is 0.900 bits per heavy atom. The Balaban J connectivity index is 1.07. The lowest BCUT2D eigenvalue weighted by Gasteiger charge is -2.25. The van der Waals surface area contributed by atoms with Gasteiger partial charge in [0, 0.05) is 38.6 Å². The summed E-state index contributed by atoms with van der Waals surface area (Å²) in [6.07, 6.45) is 1.94. The van der Waals surface area contributed by atoms with Gasteiger partial charge in [-0.15, -0.1) is 0 Å². The number of aliphatic imine (C=N–C) groups is 1. The maximum Gasteiger partial charge on any atom is 0.145 e. The highest BCUT2D eigenvalue weighted by Crippen LogP contribution is 2.37. The van der Waals surface area contributed by atoms with Crippen LogP contribution in [0.15, 0.2) is 187 Å². The van der Waals surface area contributed by atoms with Gasteiger partial charge in [-0.05, 0) is 71.3 Å². The predicted octanol–water partition coefficient (Wildman–Crippen LogP) is 11.0. The van der Waals surface area contributed by atoms with Crippen molar-refractivity contribution in [1.82, 2.24) is 14.5 Å². The molecular weight excluding hydrogens is 609 g/mol. The number of aromatic nitrogens is 2. The van der Waals surface area contributed by atoms with Crippen LogP contribution in [-0.4, -0.2) is 14.8 Å². The van der Waals surface area contributed by atoms with Crippen LogP contribution in [0.1, 0.15) is 22.9 Å². The van der Waals surface area contributed by atoms with Crippen molar-refractivity contribution >= 4 is 55.0 Å². The largest absolute Gasteiger partial charge is 0.360 e. The minimum absolute atomic E-state index is 0.216. The summed E-state index contributed by atoms with van der Waals surface area (Å²) in [4.78, 5) is 5.19. The van der Waals surface area contributed by atoms with E-state index in [2.05, 4.69) is 190 Å². The number of para-hydroxylation sites is 3. The normalized spacial score (nSPS) is 14.6. The highest BCUT2D eigenvalue weighted by Gasteiger charge is 2.21. The summed E-state index contributed by atoms with van der Waals surface area (Å²) >= 11 is 0. The van der Waals surface area contributed by atoms with Crippen LogP contribution in [0.25, 0.3) is 60.7 Å². The Labute approximate surface area is 289 Å². The molecule has 0 spiro atoms. The number of fused-ring (bicyclic) bond motifs is 6. The van der Waals surface area contributed by atoms with E-state index in [0.29, 0.717) is 0 Å². The van der Waals surface area contributed by atoms with Crippen molar-refractivity contribution in [1.29, 1.82) is 0 Å². The lowest BCUT2D eigenvalue weighted by atomic mass is 10.0. The second kappa shape index (κ2) is 11.5. The first-order valence-corrected chi connectivity index (χ1v) is 17.1. The summed E-state index contributed by atoms with van der Waals surface area (Å²) in [5.74, 6) is 0. The van der Waals surface area contributed by atoms with Gasteiger partial charge >= 0.3 is 0 Å². The van der Waals surface area contributed by atoms with Gasteiger partial charge in [0.25, 0.3) is 0 Å². The predicted molar refractivity (Wildman–Crippen MR) is 208 cm³/mol. The molecule has 4 nitrogen and oxygen atoms in total. The highest BCUT2D eigenvalue weighted by molar-refractivity contribution is 6.13. The molecule has 0 fully saturated rings. The van der Waals surface area contributed by atoms with Crippen molar-refractivity contribution in [2.24, 2.45) is 4.99 Å². The fourth-order valence-electron chi connectivity index (χ4n) is 7.63. The minimum atomic E-state index is -0.216. The van der Waals surface area contributed by atoms with Crippen molar-refractivity contribution in [2.45, 2.75) is 6.17 Å². The first kappa shape index (κ1) is 28.4. The third-order valence-electron chi connectivity index (χ3n) is 9.96. The van der Waals surface area contributed by atoms with Crippen molar-refractivity contribution in [3.8, 4) is 11.4 Å². The van der Waals surface area contributed by atoms with E-state index >= 15 is 0 Å². The summed E-state index contributed by atoms with van der Waals surface area (Å²) in [5.41, 5.74) is 12.5. The van der Waals surface area contributed by atoms with Gasteiger partial charge in [0.15, 0.2) is 0 Å². The smallest absolute Gasteiger partial charge is 0.145 e. The molecule has 2 aromatic heterocycles. The molecule has 1 aliphatic heterocycles. The molecule has 0 aliphatic carbocycles. The average molecular weight is 641 g/mol. The molecule has 3 heterocycles. The molecule has 236 valence electrons.